The first-order valence-electron chi connectivity index (χ1n) is 8.99. The molecule has 1 unspecified atom stereocenters. The molecular weight excluding hydrogens is 395 g/mol. The molecule has 2 heterocycles. The summed E-state index contributed by atoms with van der Waals surface area (Å²) >= 11 is 0. The summed E-state index contributed by atoms with van der Waals surface area (Å²) in [5.74, 6) is -4.19. The van der Waals surface area contributed by atoms with Gasteiger partial charge in [0.15, 0.2) is 0 Å². The molecule has 9 nitrogen and oxygen atoms in total. The normalized spacial score (nSPS) is 18.3. The zero-order chi connectivity index (χ0) is 21.6. The van der Waals surface area contributed by atoms with Crippen molar-refractivity contribution in [3.8, 4) is 0 Å². The van der Waals surface area contributed by atoms with Crippen LogP contribution in [0.2, 0.25) is 0 Å². The van der Waals surface area contributed by atoms with Gasteiger partial charge >= 0.3 is 0 Å². The summed E-state index contributed by atoms with van der Waals surface area (Å²) in [5.41, 5.74) is 5.47. The summed E-state index contributed by atoms with van der Waals surface area (Å²) in [6.07, 6.45) is 0.0431. The van der Waals surface area contributed by atoms with Crippen molar-refractivity contribution in [2.45, 2.75) is 18.9 Å². The average Bonchev–Trinajstić information content (AvgIpc) is 2.92. The number of fused-ring (bicyclic) bond motifs is 1. The van der Waals surface area contributed by atoms with Crippen LogP contribution in [0.15, 0.2) is 36.4 Å². The minimum atomic E-state index is -1.09. The Balaban J connectivity index is 1.60. The van der Waals surface area contributed by atoms with Gasteiger partial charge in [-0.15, -0.1) is 0 Å². The number of benzene rings is 2. The quantitative estimate of drug-likeness (QED) is 0.511. The Morgan fingerprint density at radius 2 is 1.83 bits per heavy atom. The summed E-state index contributed by atoms with van der Waals surface area (Å²) in [6, 6.07) is 6.73. The van der Waals surface area contributed by atoms with E-state index in [4.69, 9.17) is 5.73 Å². The lowest BCUT2D eigenvalue weighted by Crippen LogP contribution is -2.54. The maximum atomic E-state index is 13.9. The third-order valence-electron chi connectivity index (χ3n) is 4.97. The van der Waals surface area contributed by atoms with E-state index in [1.165, 1.54) is 30.3 Å². The predicted octanol–water partition coefficient (Wildman–Crippen LogP) is 1.06. The highest BCUT2D eigenvalue weighted by Gasteiger charge is 2.44. The predicted molar refractivity (Wildman–Crippen MR) is 102 cm³/mol. The fourth-order valence-electron chi connectivity index (χ4n) is 3.52. The molecule has 4 rings (SSSR count). The summed E-state index contributed by atoms with van der Waals surface area (Å²) in [7, 11) is 0. The molecule has 152 valence electrons. The van der Waals surface area contributed by atoms with E-state index in [1.54, 1.807) is 0 Å². The van der Waals surface area contributed by atoms with Crippen LogP contribution in [-0.4, -0.2) is 40.5 Å². The molecule has 0 radical (unpaired) electrons. The Morgan fingerprint density at radius 1 is 1.10 bits per heavy atom. The van der Waals surface area contributed by atoms with E-state index in [0.717, 1.165) is 11.0 Å². The Bertz CT molecular complexity index is 1130. The molecule has 2 aromatic carbocycles. The van der Waals surface area contributed by atoms with Crippen molar-refractivity contribution in [2.24, 2.45) is 0 Å². The summed E-state index contributed by atoms with van der Waals surface area (Å²) in [4.78, 5) is 62.1. The summed E-state index contributed by atoms with van der Waals surface area (Å²) in [5, 5.41) is 4.56. The van der Waals surface area contributed by atoms with E-state index in [2.05, 4.69) is 10.6 Å². The lowest BCUT2D eigenvalue weighted by atomic mass is 10.0. The van der Waals surface area contributed by atoms with Gasteiger partial charge in [-0.05, 0) is 36.8 Å². The monoisotopic (exact) mass is 410 g/mol. The Labute approximate surface area is 169 Å². The summed E-state index contributed by atoms with van der Waals surface area (Å²) in [6.45, 7) is 0. The van der Waals surface area contributed by atoms with Gasteiger partial charge in [-0.1, -0.05) is 6.07 Å². The number of piperidine rings is 1. The van der Waals surface area contributed by atoms with Crippen molar-refractivity contribution in [1.82, 2.24) is 10.2 Å². The van der Waals surface area contributed by atoms with Crippen LogP contribution >= 0.6 is 0 Å². The fourth-order valence-corrected chi connectivity index (χ4v) is 3.52. The highest BCUT2D eigenvalue weighted by atomic mass is 19.1. The van der Waals surface area contributed by atoms with E-state index < -0.39 is 41.4 Å². The van der Waals surface area contributed by atoms with Crippen molar-refractivity contribution in [3.63, 3.8) is 0 Å². The van der Waals surface area contributed by atoms with Gasteiger partial charge in [-0.25, -0.2) is 4.39 Å². The number of amides is 5. The second kappa shape index (κ2) is 7.07. The van der Waals surface area contributed by atoms with E-state index in [-0.39, 0.29) is 40.9 Å². The average molecular weight is 410 g/mol. The molecule has 10 heteroatoms. The maximum Gasteiger partial charge on any atom is 0.262 e. The van der Waals surface area contributed by atoms with Gasteiger partial charge in [0.2, 0.25) is 11.8 Å². The molecule has 4 N–H and O–H groups in total. The van der Waals surface area contributed by atoms with Crippen LogP contribution in [0.3, 0.4) is 0 Å². The number of hydrogen-bond donors (Lipinski definition) is 3. The minimum Gasteiger partial charge on any atom is -0.398 e. The second-order valence-electron chi connectivity index (χ2n) is 6.87. The third kappa shape index (κ3) is 3.08. The molecule has 1 saturated heterocycles. The molecule has 0 spiro atoms. The molecular formula is C20H15FN4O5. The summed E-state index contributed by atoms with van der Waals surface area (Å²) < 4.78 is 13.9. The lowest BCUT2D eigenvalue weighted by molar-refractivity contribution is -0.136. The Hall–Kier alpha value is -4.08. The van der Waals surface area contributed by atoms with Crippen LogP contribution in [0.5, 0.6) is 0 Å². The largest absolute Gasteiger partial charge is 0.398 e. The van der Waals surface area contributed by atoms with E-state index in [9.17, 15) is 28.4 Å². The van der Waals surface area contributed by atoms with Crippen LogP contribution in [0.4, 0.5) is 15.8 Å². The number of rotatable bonds is 3. The number of carbonyl (C=O) groups is 5. The molecule has 5 amide bonds. The number of nitrogens with two attached hydrogens (primary N) is 1. The van der Waals surface area contributed by atoms with Crippen molar-refractivity contribution in [3.05, 3.63) is 58.9 Å². The van der Waals surface area contributed by atoms with Crippen LogP contribution < -0.4 is 16.4 Å². The van der Waals surface area contributed by atoms with Gasteiger partial charge in [0, 0.05) is 17.8 Å². The van der Waals surface area contributed by atoms with Crippen LogP contribution in [-0.2, 0) is 9.59 Å². The maximum absolute atomic E-state index is 13.9. The molecule has 1 atom stereocenters. The van der Waals surface area contributed by atoms with E-state index in [1.807, 2.05) is 0 Å². The molecule has 1 fully saturated rings. The number of imide groups is 2. The minimum absolute atomic E-state index is 0.00911. The highest BCUT2D eigenvalue weighted by Crippen LogP contribution is 2.30. The first kappa shape index (κ1) is 19.2. The van der Waals surface area contributed by atoms with Crippen molar-refractivity contribution in [2.75, 3.05) is 11.1 Å². The van der Waals surface area contributed by atoms with Gasteiger partial charge in [0.1, 0.15) is 11.9 Å². The number of nitrogen functional groups attached to an aromatic ring is 1. The fraction of sp³-hybridized carbons (Fsp3) is 0.150. The first-order chi connectivity index (χ1) is 14.3. The smallest absolute Gasteiger partial charge is 0.262 e. The Kier molecular flexibility index (Phi) is 4.53. The van der Waals surface area contributed by atoms with Crippen LogP contribution in [0, 0.1) is 5.82 Å². The molecule has 2 aliphatic heterocycles. The van der Waals surface area contributed by atoms with Crippen LogP contribution in [0.25, 0.3) is 0 Å². The van der Waals surface area contributed by atoms with Crippen molar-refractivity contribution >= 4 is 40.9 Å². The lowest BCUT2D eigenvalue weighted by Gasteiger charge is -2.27. The number of hydrogen-bond acceptors (Lipinski definition) is 6. The number of carbonyl (C=O) groups excluding carboxylic acids is 5. The van der Waals surface area contributed by atoms with Gasteiger partial charge in [-0.3, -0.25) is 34.2 Å². The number of nitrogens with one attached hydrogen (secondary N) is 2. The first-order valence-corrected chi connectivity index (χ1v) is 8.99. The highest BCUT2D eigenvalue weighted by molar-refractivity contribution is 6.24. The van der Waals surface area contributed by atoms with E-state index >= 15 is 0 Å². The zero-order valence-corrected chi connectivity index (χ0v) is 15.4. The standard InChI is InChI=1S/C20H15FN4O5/c21-12-2-1-3-13(22)16(12)18(28)23-9-4-5-10-11(8-9)20(30)25(19(10)29)14-6-7-15(26)24-17(14)27/h1-5,8,14H,6-7,22H2,(H,23,28)(H,24,26,27). The number of halogens is 1. The number of anilines is 2. The second-order valence-corrected chi connectivity index (χ2v) is 6.87. The van der Waals surface area contributed by atoms with Crippen molar-refractivity contribution in [1.29, 1.82) is 0 Å². The molecule has 0 bridgehead atoms. The van der Waals surface area contributed by atoms with Gasteiger partial charge < -0.3 is 11.1 Å². The van der Waals surface area contributed by atoms with Gasteiger partial charge in [-0.2, -0.15) is 0 Å². The van der Waals surface area contributed by atoms with Crippen LogP contribution in [0.1, 0.15) is 43.9 Å². The van der Waals surface area contributed by atoms with Gasteiger partial charge in [0.25, 0.3) is 17.7 Å². The SMILES string of the molecule is Nc1cccc(F)c1C(=O)Nc1ccc2c(c1)C(=O)N(C1CCC(=O)NC1=O)C2=O. The van der Waals surface area contributed by atoms with Crippen molar-refractivity contribution < 1.29 is 28.4 Å². The molecule has 0 aromatic heterocycles. The molecule has 30 heavy (non-hydrogen) atoms. The zero-order valence-electron chi connectivity index (χ0n) is 15.4. The number of nitrogens with zero attached hydrogens (tertiary/aromatic N) is 1. The molecule has 0 saturated carbocycles. The molecule has 0 aliphatic carbocycles. The van der Waals surface area contributed by atoms with Gasteiger partial charge in [0.05, 0.1) is 16.7 Å². The third-order valence-corrected chi connectivity index (χ3v) is 4.97. The molecule has 2 aliphatic rings. The topological polar surface area (TPSA) is 139 Å². The molecule has 2 aromatic rings. The van der Waals surface area contributed by atoms with E-state index in [0.29, 0.717) is 0 Å². The Morgan fingerprint density at radius 3 is 2.53 bits per heavy atom.